The Hall–Kier alpha value is -2.49. The van der Waals surface area contributed by atoms with Crippen molar-refractivity contribution >= 4 is 5.91 Å². The summed E-state index contributed by atoms with van der Waals surface area (Å²) in [5.41, 5.74) is 2.32. The molecule has 0 saturated heterocycles. The van der Waals surface area contributed by atoms with E-state index >= 15 is 0 Å². The number of benzene rings is 2. The quantitative estimate of drug-likeness (QED) is 0.773. The smallest absolute Gasteiger partial charge is 0.261 e. The Balaban J connectivity index is 2.03. The summed E-state index contributed by atoms with van der Waals surface area (Å²) < 4.78 is 11.0. The van der Waals surface area contributed by atoms with Gasteiger partial charge in [0.1, 0.15) is 11.5 Å². The second-order valence-electron chi connectivity index (χ2n) is 6.07. The van der Waals surface area contributed by atoms with E-state index in [9.17, 15) is 4.79 Å². The topological polar surface area (TPSA) is 47.6 Å². The highest BCUT2D eigenvalue weighted by atomic mass is 16.5. The molecule has 134 valence electrons. The van der Waals surface area contributed by atoms with Gasteiger partial charge in [-0.3, -0.25) is 4.79 Å². The van der Waals surface area contributed by atoms with E-state index in [1.807, 2.05) is 31.2 Å². The lowest BCUT2D eigenvalue weighted by Gasteiger charge is -2.22. The van der Waals surface area contributed by atoms with Gasteiger partial charge in [0, 0.05) is 0 Å². The fraction of sp³-hybridized carbons (Fsp3) is 0.381. The first kappa shape index (κ1) is 18.8. The Bertz CT molecular complexity index is 665. The fourth-order valence-electron chi connectivity index (χ4n) is 2.63. The van der Waals surface area contributed by atoms with Crippen LogP contribution in [0.5, 0.6) is 11.5 Å². The van der Waals surface area contributed by atoms with Gasteiger partial charge >= 0.3 is 0 Å². The Labute approximate surface area is 150 Å². The van der Waals surface area contributed by atoms with Crippen LogP contribution in [-0.4, -0.2) is 19.1 Å². The Morgan fingerprint density at radius 2 is 1.56 bits per heavy atom. The van der Waals surface area contributed by atoms with Gasteiger partial charge in [-0.1, -0.05) is 43.7 Å². The molecule has 0 aromatic heterocycles. The summed E-state index contributed by atoms with van der Waals surface area (Å²) in [5.74, 6) is 1.33. The van der Waals surface area contributed by atoms with Crippen molar-refractivity contribution in [3.63, 3.8) is 0 Å². The molecule has 0 unspecified atom stereocenters. The Morgan fingerprint density at radius 3 is 2.08 bits per heavy atom. The molecule has 25 heavy (non-hydrogen) atoms. The summed E-state index contributed by atoms with van der Waals surface area (Å²) in [4.78, 5) is 12.7. The third-order valence-electron chi connectivity index (χ3n) is 4.21. The van der Waals surface area contributed by atoms with E-state index in [0.717, 1.165) is 17.7 Å². The fourth-order valence-corrected chi connectivity index (χ4v) is 2.63. The number of methoxy groups -OCH3 is 1. The molecule has 2 aromatic rings. The molecule has 0 aliphatic heterocycles. The molecule has 0 fully saturated rings. The van der Waals surface area contributed by atoms with E-state index in [1.165, 1.54) is 5.56 Å². The minimum atomic E-state index is -0.520. The predicted octanol–water partition coefficient (Wildman–Crippen LogP) is 4.43. The Kier molecular flexibility index (Phi) is 6.87. The normalized spacial score (nSPS) is 13.0. The van der Waals surface area contributed by atoms with E-state index in [0.29, 0.717) is 12.2 Å². The van der Waals surface area contributed by atoms with E-state index < -0.39 is 6.10 Å². The van der Waals surface area contributed by atoms with Crippen molar-refractivity contribution in [1.29, 1.82) is 0 Å². The van der Waals surface area contributed by atoms with E-state index in [1.54, 1.807) is 7.11 Å². The molecular weight excluding hydrogens is 314 g/mol. The zero-order valence-electron chi connectivity index (χ0n) is 15.4. The molecule has 1 N–H and O–H groups in total. The van der Waals surface area contributed by atoms with Crippen molar-refractivity contribution in [1.82, 2.24) is 5.32 Å². The largest absolute Gasteiger partial charge is 0.497 e. The van der Waals surface area contributed by atoms with Crippen molar-refractivity contribution in [3.05, 3.63) is 59.7 Å². The van der Waals surface area contributed by atoms with Crippen LogP contribution in [0.3, 0.4) is 0 Å². The summed E-state index contributed by atoms with van der Waals surface area (Å²) in [7, 11) is 1.62. The van der Waals surface area contributed by atoms with Crippen LogP contribution in [-0.2, 0) is 4.79 Å². The van der Waals surface area contributed by atoms with Gasteiger partial charge in [0.25, 0.3) is 5.91 Å². The van der Waals surface area contributed by atoms with Gasteiger partial charge in [0.2, 0.25) is 0 Å². The molecule has 0 bridgehead atoms. The summed E-state index contributed by atoms with van der Waals surface area (Å²) in [6.45, 7) is 6.07. The van der Waals surface area contributed by atoms with Gasteiger partial charge in [0.15, 0.2) is 6.10 Å². The van der Waals surface area contributed by atoms with Crippen molar-refractivity contribution < 1.29 is 14.3 Å². The van der Waals surface area contributed by atoms with E-state index in [2.05, 4.69) is 43.4 Å². The maximum atomic E-state index is 12.7. The average molecular weight is 341 g/mol. The number of carbonyl (C=O) groups excluding carboxylic acids is 1. The average Bonchev–Trinajstić information content (AvgIpc) is 2.65. The van der Waals surface area contributed by atoms with Gasteiger partial charge in [-0.2, -0.15) is 0 Å². The van der Waals surface area contributed by atoms with Crippen LogP contribution in [0.4, 0.5) is 0 Å². The zero-order chi connectivity index (χ0) is 18.2. The molecule has 1 amide bonds. The van der Waals surface area contributed by atoms with Crippen LogP contribution >= 0.6 is 0 Å². The summed E-state index contributed by atoms with van der Waals surface area (Å²) >= 11 is 0. The predicted molar refractivity (Wildman–Crippen MR) is 100 cm³/mol. The molecule has 2 atom stereocenters. The standard InChI is InChI=1S/C21H27NO3/c1-5-19(16-9-7-15(3)8-10-16)22-21(23)20(6-2)25-18-13-11-17(24-4)12-14-18/h7-14,19-20H,5-6H2,1-4H3,(H,22,23)/t19-,20+/m0/s1. The molecule has 0 aliphatic rings. The van der Waals surface area contributed by atoms with Crippen molar-refractivity contribution in [2.45, 2.75) is 45.8 Å². The number of aryl methyl sites for hydroxylation is 1. The van der Waals surface area contributed by atoms with Gasteiger partial charge in [-0.25, -0.2) is 0 Å². The summed E-state index contributed by atoms with van der Waals surface area (Å²) in [5, 5.41) is 3.11. The minimum Gasteiger partial charge on any atom is -0.497 e. The van der Waals surface area contributed by atoms with Crippen molar-refractivity contribution in [2.75, 3.05) is 7.11 Å². The molecule has 0 heterocycles. The van der Waals surface area contributed by atoms with Crippen LogP contribution in [0, 0.1) is 6.92 Å². The molecule has 0 saturated carbocycles. The lowest BCUT2D eigenvalue weighted by atomic mass is 10.0. The van der Waals surface area contributed by atoms with Gasteiger partial charge in [-0.05, 0) is 49.6 Å². The third-order valence-corrected chi connectivity index (χ3v) is 4.21. The van der Waals surface area contributed by atoms with Crippen molar-refractivity contribution in [3.8, 4) is 11.5 Å². The minimum absolute atomic E-state index is 0.0124. The first-order valence-electron chi connectivity index (χ1n) is 8.75. The first-order chi connectivity index (χ1) is 12.1. The summed E-state index contributed by atoms with van der Waals surface area (Å²) in [6, 6.07) is 15.5. The number of ether oxygens (including phenoxy) is 2. The highest BCUT2D eigenvalue weighted by molar-refractivity contribution is 5.81. The molecular formula is C21H27NO3. The molecule has 2 rings (SSSR count). The van der Waals surface area contributed by atoms with Crippen LogP contribution in [0.1, 0.15) is 43.9 Å². The van der Waals surface area contributed by atoms with Crippen LogP contribution < -0.4 is 14.8 Å². The SMILES string of the molecule is CC[C@H](NC(=O)[C@@H](CC)Oc1ccc(OC)cc1)c1ccc(C)cc1. The molecule has 0 aliphatic carbocycles. The lowest BCUT2D eigenvalue weighted by Crippen LogP contribution is -2.39. The maximum Gasteiger partial charge on any atom is 0.261 e. The number of amides is 1. The molecule has 0 spiro atoms. The van der Waals surface area contributed by atoms with Gasteiger partial charge < -0.3 is 14.8 Å². The van der Waals surface area contributed by atoms with E-state index in [4.69, 9.17) is 9.47 Å². The highest BCUT2D eigenvalue weighted by Crippen LogP contribution is 2.21. The summed E-state index contributed by atoms with van der Waals surface area (Å²) in [6.07, 6.45) is 0.906. The van der Waals surface area contributed by atoms with Crippen LogP contribution in [0.2, 0.25) is 0 Å². The zero-order valence-corrected chi connectivity index (χ0v) is 15.4. The monoisotopic (exact) mass is 341 g/mol. The third kappa shape index (κ3) is 5.24. The van der Waals surface area contributed by atoms with Gasteiger partial charge in [-0.15, -0.1) is 0 Å². The molecule has 2 aromatic carbocycles. The van der Waals surface area contributed by atoms with Crippen LogP contribution in [0.25, 0.3) is 0 Å². The second-order valence-corrected chi connectivity index (χ2v) is 6.07. The molecule has 0 radical (unpaired) electrons. The number of carbonyl (C=O) groups is 1. The van der Waals surface area contributed by atoms with E-state index in [-0.39, 0.29) is 11.9 Å². The lowest BCUT2D eigenvalue weighted by molar-refractivity contribution is -0.128. The highest BCUT2D eigenvalue weighted by Gasteiger charge is 2.22. The van der Waals surface area contributed by atoms with Gasteiger partial charge in [0.05, 0.1) is 13.2 Å². The molecule has 4 heteroatoms. The number of hydrogen-bond donors (Lipinski definition) is 1. The number of nitrogens with one attached hydrogen (secondary N) is 1. The maximum absolute atomic E-state index is 12.7. The first-order valence-corrected chi connectivity index (χ1v) is 8.75. The number of hydrogen-bond acceptors (Lipinski definition) is 3. The van der Waals surface area contributed by atoms with Crippen LogP contribution in [0.15, 0.2) is 48.5 Å². The van der Waals surface area contributed by atoms with Crippen molar-refractivity contribution in [2.24, 2.45) is 0 Å². The second kappa shape index (κ2) is 9.11. The Morgan fingerprint density at radius 1 is 0.960 bits per heavy atom. The number of rotatable bonds is 8. The molecule has 4 nitrogen and oxygen atoms in total.